The molecule has 0 aliphatic carbocycles. The van der Waals surface area contributed by atoms with Gasteiger partial charge in [0.1, 0.15) is 12.1 Å². The molecule has 0 saturated heterocycles. The van der Waals surface area contributed by atoms with E-state index in [2.05, 4.69) is 0 Å². The fourth-order valence-corrected chi connectivity index (χ4v) is 2.97. The molecule has 0 radical (unpaired) electrons. The average molecular weight is 349 g/mol. The van der Waals surface area contributed by atoms with E-state index in [4.69, 9.17) is 24.3 Å². The molecule has 0 aromatic heterocycles. The maximum Gasteiger partial charge on any atom is 0.257 e. The van der Waals surface area contributed by atoms with Gasteiger partial charge in [0.15, 0.2) is 0 Å². The summed E-state index contributed by atoms with van der Waals surface area (Å²) in [5, 5.41) is 0. The quantitative estimate of drug-likeness (QED) is 0.469. The molecule has 0 amide bonds. The van der Waals surface area contributed by atoms with Gasteiger partial charge in [-0.3, -0.25) is 0 Å². The lowest BCUT2D eigenvalue weighted by atomic mass is 10.2. The Morgan fingerprint density at radius 2 is 1.50 bits per heavy atom. The summed E-state index contributed by atoms with van der Waals surface area (Å²) in [6.07, 6.45) is 0.389. The van der Waals surface area contributed by atoms with Crippen LogP contribution in [0.4, 0.5) is 0 Å². The zero-order valence-corrected chi connectivity index (χ0v) is 14.6. The number of ether oxygens (including phenoxy) is 2. The molecule has 0 spiro atoms. The van der Waals surface area contributed by atoms with Crippen molar-refractivity contribution in [2.24, 2.45) is 5.73 Å². The van der Waals surface area contributed by atoms with Crippen LogP contribution in [0.5, 0.6) is 5.75 Å². The second-order valence-electron chi connectivity index (χ2n) is 4.93. The number of hydrogen-bond donors (Lipinski definition) is 1. The molecule has 2 N–H and O–H groups in total. The number of benzene rings is 2. The molecular weight excluding hydrogens is 325 g/mol. The molecule has 1 unspecified atom stereocenters. The molecule has 2 aromatic carbocycles. The van der Waals surface area contributed by atoms with Crippen molar-refractivity contribution in [3.63, 3.8) is 0 Å². The summed E-state index contributed by atoms with van der Waals surface area (Å²) in [5.41, 5.74) is 6.59. The Kier molecular flexibility index (Phi) is 9.39. The van der Waals surface area contributed by atoms with Gasteiger partial charge in [-0.1, -0.05) is 48.5 Å². The summed E-state index contributed by atoms with van der Waals surface area (Å²) in [6, 6.07) is 19.6. The minimum absolute atomic E-state index is 0.389. The van der Waals surface area contributed by atoms with Crippen molar-refractivity contribution >= 4 is 8.38 Å². The van der Waals surface area contributed by atoms with E-state index in [1.165, 1.54) is 0 Å². The Morgan fingerprint density at radius 3 is 2.21 bits per heavy atom. The Bertz CT molecular complexity index is 541. The van der Waals surface area contributed by atoms with Crippen molar-refractivity contribution in [3.8, 4) is 5.75 Å². The van der Waals surface area contributed by atoms with E-state index in [0.717, 1.165) is 11.3 Å². The Balaban J connectivity index is 1.69. The van der Waals surface area contributed by atoms with Crippen LogP contribution >= 0.6 is 8.38 Å². The van der Waals surface area contributed by atoms with Crippen LogP contribution in [-0.4, -0.2) is 32.7 Å². The molecule has 0 fully saturated rings. The Hall–Kier alpha value is -1.49. The van der Waals surface area contributed by atoms with Crippen LogP contribution in [0.15, 0.2) is 60.7 Å². The van der Waals surface area contributed by atoms with Gasteiger partial charge < -0.3 is 24.3 Å². The molecular formula is C18H24NO4P. The largest absolute Gasteiger partial charge is 0.446 e. The predicted molar refractivity (Wildman–Crippen MR) is 95.9 cm³/mol. The molecule has 0 aliphatic rings. The van der Waals surface area contributed by atoms with E-state index in [9.17, 15) is 0 Å². The van der Waals surface area contributed by atoms with Gasteiger partial charge in [-0.25, -0.2) is 0 Å². The molecule has 5 nitrogen and oxygen atoms in total. The maximum absolute atomic E-state index is 5.85. The van der Waals surface area contributed by atoms with Gasteiger partial charge in [-0.2, -0.15) is 0 Å². The van der Waals surface area contributed by atoms with Crippen molar-refractivity contribution in [1.82, 2.24) is 0 Å². The van der Waals surface area contributed by atoms with E-state index >= 15 is 0 Å². The van der Waals surface area contributed by atoms with Crippen LogP contribution < -0.4 is 10.3 Å². The molecule has 24 heavy (non-hydrogen) atoms. The van der Waals surface area contributed by atoms with Crippen LogP contribution in [-0.2, 0) is 20.6 Å². The highest BCUT2D eigenvalue weighted by atomic mass is 31.2. The third-order valence-electron chi connectivity index (χ3n) is 2.98. The topological polar surface area (TPSA) is 62.9 Å². The van der Waals surface area contributed by atoms with Crippen LogP contribution in [0, 0.1) is 0 Å². The van der Waals surface area contributed by atoms with Crippen LogP contribution in [0.2, 0.25) is 0 Å². The van der Waals surface area contributed by atoms with Gasteiger partial charge in [0.05, 0.1) is 26.4 Å². The number of para-hydroxylation sites is 1. The first-order chi connectivity index (χ1) is 11.9. The van der Waals surface area contributed by atoms with Gasteiger partial charge in [-0.15, -0.1) is 0 Å². The summed E-state index contributed by atoms with van der Waals surface area (Å²) in [5.74, 6) is 0.769. The van der Waals surface area contributed by atoms with Crippen LogP contribution in [0.25, 0.3) is 0 Å². The fourth-order valence-electron chi connectivity index (χ4n) is 1.87. The van der Waals surface area contributed by atoms with Gasteiger partial charge in [0, 0.05) is 6.54 Å². The van der Waals surface area contributed by atoms with E-state index in [0.29, 0.717) is 39.3 Å². The van der Waals surface area contributed by atoms with Gasteiger partial charge in [-0.05, 0) is 17.7 Å². The second kappa shape index (κ2) is 12.0. The van der Waals surface area contributed by atoms with E-state index in [1.54, 1.807) is 0 Å². The third-order valence-corrected chi connectivity index (χ3v) is 4.26. The van der Waals surface area contributed by atoms with Crippen molar-refractivity contribution in [2.45, 2.75) is 6.61 Å². The lowest BCUT2D eigenvalue weighted by Crippen LogP contribution is -2.11. The van der Waals surface area contributed by atoms with E-state index in [1.807, 2.05) is 60.7 Å². The normalized spacial score (nSPS) is 12.0. The highest BCUT2D eigenvalue weighted by Gasteiger charge is 2.13. The van der Waals surface area contributed by atoms with Crippen molar-refractivity contribution in [1.29, 1.82) is 0 Å². The van der Waals surface area contributed by atoms with Gasteiger partial charge >= 0.3 is 0 Å². The minimum Gasteiger partial charge on any atom is -0.446 e. The molecule has 0 aliphatic heterocycles. The smallest absolute Gasteiger partial charge is 0.257 e. The summed E-state index contributed by atoms with van der Waals surface area (Å²) in [4.78, 5) is 0. The van der Waals surface area contributed by atoms with Crippen molar-refractivity contribution < 1.29 is 18.5 Å². The fraction of sp³-hybridized carbons (Fsp3) is 0.333. The van der Waals surface area contributed by atoms with E-state index < -0.39 is 8.38 Å². The molecule has 0 saturated carbocycles. The highest BCUT2D eigenvalue weighted by molar-refractivity contribution is 7.47. The Labute approximate surface area is 144 Å². The SMILES string of the molecule is NCCOCP(OCCOCc1ccccc1)Oc1ccccc1. The first-order valence-electron chi connectivity index (χ1n) is 7.91. The van der Waals surface area contributed by atoms with Crippen molar-refractivity contribution in [3.05, 3.63) is 66.2 Å². The van der Waals surface area contributed by atoms with Crippen molar-refractivity contribution in [2.75, 3.05) is 32.7 Å². The predicted octanol–water partition coefficient (Wildman–Crippen LogP) is 3.54. The highest BCUT2D eigenvalue weighted by Crippen LogP contribution is 2.39. The zero-order chi connectivity index (χ0) is 16.9. The average Bonchev–Trinajstić information content (AvgIpc) is 2.63. The molecule has 2 aromatic rings. The molecule has 0 bridgehead atoms. The summed E-state index contributed by atoms with van der Waals surface area (Å²) < 4.78 is 22.7. The number of hydrogen-bond acceptors (Lipinski definition) is 5. The summed E-state index contributed by atoms with van der Waals surface area (Å²) in [6.45, 7) is 2.50. The third kappa shape index (κ3) is 7.86. The maximum atomic E-state index is 5.85. The molecule has 6 heteroatoms. The Morgan fingerprint density at radius 1 is 0.792 bits per heavy atom. The number of nitrogens with two attached hydrogens (primary N) is 1. The molecule has 2 rings (SSSR count). The second-order valence-corrected chi connectivity index (χ2v) is 6.30. The number of rotatable bonds is 12. The van der Waals surface area contributed by atoms with Crippen LogP contribution in [0.1, 0.15) is 5.56 Å². The molecule has 1 atom stereocenters. The monoisotopic (exact) mass is 349 g/mol. The minimum atomic E-state index is -1.18. The van der Waals surface area contributed by atoms with Crippen LogP contribution in [0.3, 0.4) is 0 Å². The first kappa shape index (κ1) is 18.8. The standard InChI is InChI=1S/C18H24NO4P/c19-11-12-21-16-24(23-18-9-5-2-6-10-18)22-14-13-20-15-17-7-3-1-4-8-17/h1-10H,11-16,19H2. The lowest BCUT2D eigenvalue weighted by molar-refractivity contribution is 0.0861. The zero-order valence-electron chi connectivity index (χ0n) is 13.7. The molecule has 130 valence electrons. The summed E-state index contributed by atoms with van der Waals surface area (Å²) in [7, 11) is -1.18. The van der Waals surface area contributed by atoms with Gasteiger partial charge in [0.25, 0.3) is 8.38 Å². The van der Waals surface area contributed by atoms with E-state index in [-0.39, 0.29) is 0 Å². The first-order valence-corrected chi connectivity index (χ1v) is 9.27. The summed E-state index contributed by atoms with van der Waals surface area (Å²) >= 11 is 0. The lowest BCUT2D eigenvalue weighted by Gasteiger charge is -2.18. The molecule has 0 heterocycles. The van der Waals surface area contributed by atoms with Gasteiger partial charge in [0.2, 0.25) is 0 Å².